The summed E-state index contributed by atoms with van der Waals surface area (Å²) in [6.07, 6.45) is 1.21. The summed E-state index contributed by atoms with van der Waals surface area (Å²) in [5.41, 5.74) is 4.73. The molecule has 1 heteroatoms. The molecule has 0 saturated heterocycles. The molecule has 1 aliphatic heterocycles. The Hall–Kier alpha value is -0.690. The highest BCUT2D eigenvalue weighted by Gasteiger charge is 2.29. The lowest BCUT2D eigenvalue weighted by Crippen LogP contribution is -1.98. The molecule has 0 aromatic heterocycles. The van der Waals surface area contributed by atoms with Crippen LogP contribution in [0.15, 0.2) is 29.8 Å². The van der Waals surface area contributed by atoms with Crippen molar-refractivity contribution in [2.45, 2.75) is 13.3 Å². The second-order valence-electron chi connectivity index (χ2n) is 3.90. The van der Waals surface area contributed by atoms with E-state index in [1.807, 2.05) is 11.8 Å². The van der Waals surface area contributed by atoms with Crippen molar-refractivity contribution < 1.29 is 0 Å². The number of hydrogen-bond acceptors (Lipinski definition) is 1. The molecule has 0 bridgehead atoms. The summed E-state index contributed by atoms with van der Waals surface area (Å²) in [6.45, 7) is 2.35. The molecule has 2 aliphatic rings. The Morgan fingerprint density at radius 2 is 2.15 bits per heavy atom. The molecule has 0 fully saturated rings. The summed E-state index contributed by atoms with van der Waals surface area (Å²) in [4.78, 5) is 1.59. The Bertz CT molecular complexity index is 390. The van der Waals surface area contributed by atoms with E-state index in [2.05, 4.69) is 31.2 Å². The molecular formula is C12H12S. The Kier molecular flexibility index (Phi) is 1.57. The average Bonchev–Trinajstić information content (AvgIpc) is 2.67. The molecule has 1 aliphatic carbocycles. The van der Waals surface area contributed by atoms with Crippen LogP contribution in [0.5, 0.6) is 0 Å². The number of fused-ring (bicyclic) bond motifs is 2. The minimum absolute atomic E-state index is 0.799. The Morgan fingerprint density at radius 1 is 1.31 bits per heavy atom. The van der Waals surface area contributed by atoms with Crippen LogP contribution >= 0.6 is 11.8 Å². The monoisotopic (exact) mass is 188 g/mol. The molecule has 66 valence electrons. The zero-order valence-corrected chi connectivity index (χ0v) is 8.53. The standard InChI is InChI=1S/C12H12S/c1-8-7-13-12-10-5-3-2-4-9(10)6-11(8)12/h2-5,8H,6-7H2,1H3. The molecule has 0 saturated carbocycles. The fraction of sp³-hybridized carbons (Fsp3) is 0.333. The van der Waals surface area contributed by atoms with Crippen LogP contribution in [0.3, 0.4) is 0 Å². The summed E-state index contributed by atoms with van der Waals surface area (Å²) >= 11 is 2.04. The molecule has 0 N–H and O–H groups in total. The molecule has 3 rings (SSSR count). The van der Waals surface area contributed by atoms with Gasteiger partial charge >= 0.3 is 0 Å². The van der Waals surface area contributed by atoms with Crippen LogP contribution in [-0.4, -0.2) is 5.75 Å². The molecule has 13 heavy (non-hydrogen) atoms. The highest BCUT2D eigenvalue weighted by Crippen LogP contribution is 2.49. The molecule has 0 spiro atoms. The number of thioether (sulfide) groups is 1. The van der Waals surface area contributed by atoms with Gasteiger partial charge in [0.2, 0.25) is 0 Å². The normalized spacial score (nSPS) is 24.8. The summed E-state index contributed by atoms with van der Waals surface area (Å²) in [5.74, 6) is 2.09. The van der Waals surface area contributed by atoms with Crippen molar-refractivity contribution in [1.82, 2.24) is 0 Å². The molecule has 1 heterocycles. The van der Waals surface area contributed by atoms with Gasteiger partial charge in [-0.05, 0) is 29.0 Å². The molecule has 1 unspecified atom stereocenters. The summed E-state index contributed by atoms with van der Waals surface area (Å²) in [7, 11) is 0. The van der Waals surface area contributed by atoms with Crippen LogP contribution in [0.1, 0.15) is 18.1 Å². The lowest BCUT2D eigenvalue weighted by molar-refractivity contribution is 0.776. The van der Waals surface area contributed by atoms with E-state index in [1.165, 1.54) is 23.3 Å². The van der Waals surface area contributed by atoms with E-state index in [1.54, 1.807) is 10.5 Å². The van der Waals surface area contributed by atoms with Crippen molar-refractivity contribution in [2.75, 3.05) is 5.75 Å². The first kappa shape index (κ1) is 7.69. The van der Waals surface area contributed by atoms with Crippen LogP contribution in [0.25, 0.3) is 4.91 Å². The zero-order chi connectivity index (χ0) is 8.84. The fourth-order valence-corrected chi connectivity index (χ4v) is 3.66. The van der Waals surface area contributed by atoms with Crippen LogP contribution in [-0.2, 0) is 6.42 Å². The SMILES string of the molecule is CC1CSC2=C1Cc1ccccc12. The van der Waals surface area contributed by atoms with Crippen molar-refractivity contribution >= 4 is 16.7 Å². The summed E-state index contributed by atoms with van der Waals surface area (Å²) in [6, 6.07) is 8.83. The second-order valence-corrected chi connectivity index (χ2v) is 4.93. The van der Waals surface area contributed by atoms with E-state index >= 15 is 0 Å². The first-order valence-electron chi connectivity index (χ1n) is 4.80. The zero-order valence-electron chi connectivity index (χ0n) is 7.71. The third-order valence-corrected chi connectivity index (χ3v) is 4.44. The second kappa shape index (κ2) is 2.65. The predicted octanol–water partition coefficient (Wildman–Crippen LogP) is 3.34. The van der Waals surface area contributed by atoms with E-state index < -0.39 is 0 Å². The lowest BCUT2D eigenvalue weighted by Gasteiger charge is -2.05. The van der Waals surface area contributed by atoms with Gasteiger partial charge < -0.3 is 0 Å². The largest absolute Gasteiger partial charge is 0.125 e. The number of rotatable bonds is 0. The highest BCUT2D eigenvalue weighted by atomic mass is 32.2. The molecule has 0 amide bonds. The fourth-order valence-electron chi connectivity index (χ4n) is 2.23. The van der Waals surface area contributed by atoms with Crippen molar-refractivity contribution in [2.24, 2.45) is 5.92 Å². The van der Waals surface area contributed by atoms with Gasteiger partial charge in [0.25, 0.3) is 0 Å². The number of benzene rings is 1. The van der Waals surface area contributed by atoms with Gasteiger partial charge in [-0.1, -0.05) is 31.2 Å². The smallest absolute Gasteiger partial charge is 0.0146 e. The Labute approximate surface area is 83.0 Å². The van der Waals surface area contributed by atoms with Gasteiger partial charge in [0.15, 0.2) is 0 Å². The number of hydrogen-bond donors (Lipinski definition) is 0. The molecule has 1 aromatic carbocycles. The third-order valence-electron chi connectivity index (χ3n) is 3.01. The average molecular weight is 188 g/mol. The molecule has 0 nitrogen and oxygen atoms in total. The van der Waals surface area contributed by atoms with Gasteiger partial charge in [-0.15, -0.1) is 11.8 Å². The lowest BCUT2D eigenvalue weighted by atomic mass is 10.0. The van der Waals surface area contributed by atoms with E-state index in [4.69, 9.17) is 0 Å². The van der Waals surface area contributed by atoms with E-state index in [0.29, 0.717) is 0 Å². The van der Waals surface area contributed by atoms with Crippen molar-refractivity contribution in [3.63, 3.8) is 0 Å². The summed E-state index contributed by atoms with van der Waals surface area (Å²) in [5, 5.41) is 0. The molecule has 0 radical (unpaired) electrons. The third kappa shape index (κ3) is 1.000. The van der Waals surface area contributed by atoms with Gasteiger partial charge in [0.1, 0.15) is 0 Å². The predicted molar refractivity (Wildman–Crippen MR) is 58.7 cm³/mol. The van der Waals surface area contributed by atoms with Gasteiger partial charge in [0.05, 0.1) is 0 Å². The minimum atomic E-state index is 0.799. The van der Waals surface area contributed by atoms with Gasteiger partial charge in [-0.2, -0.15) is 0 Å². The van der Waals surface area contributed by atoms with E-state index in [0.717, 1.165) is 5.92 Å². The minimum Gasteiger partial charge on any atom is -0.125 e. The quantitative estimate of drug-likeness (QED) is 0.601. The Morgan fingerprint density at radius 3 is 3.08 bits per heavy atom. The summed E-state index contributed by atoms with van der Waals surface area (Å²) < 4.78 is 0. The topological polar surface area (TPSA) is 0 Å². The first-order chi connectivity index (χ1) is 6.36. The maximum absolute atomic E-state index is 2.35. The Balaban J connectivity index is 2.15. The van der Waals surface area contributed by atoms with Crippen molar-refractivity contribution in [3.8, 4) is 0 Å². The number of allylic oxidation sites excluding steroid dienone is 1. The van der Waals surface area contributed by atoms with Gasteiger partial charge in [-0.25, -0.2) is 0 Å². The van der Waals surface area contributed by atoms with E-state index in [-0.39, 0.29) is 0 Å². The molecule has 1 atom stereocenters. The van der Waals surface area contributed by atoms with Crippen LogP contribution in [0.4, 0.5) is 0 Å². The van der Waals surface area contributed by atoms with Crippen molar-refractivity contribution in [3.05, 3.63) is 41.0 Å². The maximum atomic E-state index is 2.35. The van der Waals surface area contributed by atoms with E-state index in [9.17, 15) is 0 Å². The van der Waals surface area contributed by atoms with Crippen LogP contribution in [0.2, 0.25) is 0 Å². The molecular weight excluding hydrogens is 176 g/mol. The van der Waals surface area contributed by atoms with Gasteiger partial charge in [0, 0.05) is 10.7 Å². The maximum Gasteiger partial charge on any atom is 0.0146 e. The first-order valence-corrected chi connectivity index (χ1v) is 5.79. The highest BCUT2D eigenvalue weighted by molar-refractivity contribution is 8.08. The van der Waals surface area contributed by atoms with Crippen LogP contribution < -0.4 is 0 Å². The van der Waals surface area contributed by atoms with Gasteiger partial charge in [-0.3, -0.25) is 0 Å². The van der Waals surface area contributed by atoms with Crippen molar-refractivity contribution in [1.29, 1.82) is 0 Å². The van der Waals surface area contributed by atoms with Crippen LogP contribution in [0, 0.1) is 5.92 Å². The molecule has 1 aromatic rings.